The summed E-state index contributed by atoms with van der Waals surface area (Å²) in [6.07, 6.45) is 0.426. The molecule has 3 heteroatoms. The standard InChI is InChI=1S/C10H11NO2/c1-2-4-10-9(3-1)11(7-13-10)5-8-6-12-8/h1-4,8H,5-7H2. The molecule has 1 fully saturated rings. The number of benzene rings is 1. The maximum Gasteiger partial charge on any atom is 0.161 e. The largest absolute Gasteiger partial charge is 0.471 e. The molecule has 2 aliphatic rings. The molecule has 1 atom stereocenters. The molecule has 13 heavy (non-hydrogen) atoms. The minimum absolute atomic E-state index is 0.426. The Balaban J connectivity index is 1.84. The molecular weight excluding hydrogens is 166 g/mol. The van der Waals surface area contributed by atoms with Gasteiger partial charge in [0.25, 0.3) is 0 Å². The predicted molar refractivity (Wildman–Crippen MR) is 49.0 cm³/mol. The summed E-state index contributed by atoms with van der Waals surface area (Å²) in [5, 5.41) is 0. The van der Waals surface area contributed by atoms with Gasteiger partial charge in [0, 0.05) is 6.54 Å². The first-order valence-corrected chi connectivity index (χ1v) is 4.52. The van der Waals surface area contributed by atoms with Crippen molar-refractivity contribution in [1.29, 1.82) is 0 Å². The van der Waals surface area contributed by atoms with Crippen LogP contribution in [0.5, 0.6) is 5.75 Å². The van der Waals surface area contributed by atoms with Crippen LogP contribution in [0.25, 0.3) is 0 Å². The van der Waals surface area contributed by atoms with Gasteiger partial charge in [-0.15, -0.1) is 0 Å². The van der Waals surface area contributed by atoms with E-state index in [-0.39, 0.29) is 0 Å². The first kappa shape index (κ1) is 7.21. The number of epoxide rings is 1. The molecule has 2 heterocycles. The smallest absolute Gasteiger partial charge is 0.161 e. The molecule has 0 radical (unpaired) electrons. The molecule has 1 saturated heterocycles. The highest BCUT2D eigenvalue weighted by Gasteiger charge is 2.29. The Labute approximate surface area is 76.9 Å². The molecule has 3 rings (SSSR count). The maximum atomic E-state index is 5.51. The van der Waals surface area contributed by atoms with Gasteiger partial charge in [0.2, 0.25) is 0 Å². The van der Waals surface area contributed by atoms with Crippen molar-refractivity contribution in [3.63, 3.8) is 0 Å². The van der Waals surface area contributed by atoms with E-state index in [9.17, 15) is 0 Å². The topological polar surface area (TPSA) is 25.0 Å². The Kier molecular flexibility index (Phi) is 1.46. The third-order valence-corrected chi connectivity index (χ3v) is 2.41. The Hall–Kier alpha value is -1.22. The zero-order chi connectivity index (χ0) is 8.67. The van der Waals surface area contributed by atoms with Crippen molar-refractivity contribution in [2.45, 2.75) is 6.10 Å². The highest BCUT2D eigenvalue weighted by atomic mass is 16.6. The lowest BCUT2D eigenvalue weighted by atomic mass is 10.3. The average Bonchev–Trinajstić information content (AvgIpc) is 2.88. The average molecular weight is 177 g/mol. The summed E-state index contributed by atoms with van der Waals surface area (Å²) in [7, 11) is 0. The summed E-state index contributed by atoms with van der Waals surface area (Å²) in [5.41, 5.74) is 1.19. The van der Waals surface area contributed by atoms with Gasteiger partial charge in [-0.2, -0.15) is 0 Å². The quantitative estimate of drug-likeness (QED) is 0.635. The van der Waals surface area contributed by atoms with Crippen LogP contribution in [0, 0.1) is 0 Å². The van der Waals surface area contributed by atoms with E-state index in [2.05, 4.69) is 11.0 Å². The van der Waals surface area contributed by atoms with Crippen LogP contribution in [-0.4, -0.2) is 26.0 Å². The third-order valence-electron chi connectivity index (χ3n) is 2.41. The van der Waals surface area contributed by atoms with Crippen LogP contribution >= 0.6 is 0 Å². The van der Waals surface area contributed by atoms with E-state index in [1.165, 1.54) is 5.69 Å². The first-order chi connectivity index (χ1) is 6.43. The van der Waals surface area contributed by atoms with E-state index in [1.54, 1.807) is 0 Å². The number of rotatable bonds is 2. The first-order valence-electron chi connectivity index (χ1n) is 4.52. The van der Waals surface area contributed by atoms with E-state index in [1.807, 2.05) is 18.2 Å². The SMILES string of the molecule is c1ccc2c(c1)OCN2CC1CO1. The van der Waals surface area contributed by atoms with Gasteiger partial charge in [-0.3, -0.25) is 0 Å². The molecular formula is C10H11NO2. The summed E-state index contributed by atoms with van der Waals surface area (Å²) in [6, 6.07) is 8.12. The van der Waals surface area contributed by atoms with Crippen molar-refractivity contribution in [1.82, 2.24) is 0 Å². The fourth-order valence-electron chi connectivity index (χ4n) is 1.63. The Bertz CT molecular complexity index is 322. The lowest BCUT2D eigenvalue weighted by Gasteiger charge is -2.13. The summed E-state index contributed by atoms with van der Waals surface area (Å²) in [5.74, 6) is 0.989. The molecule has 3 nitrogen and oxygen atoms in total. The minimum Gasteiger partial charge on any atom is -0.471 e. The molecule has 68 valence electrons. The van der Waals surface area contributed by atoms with E-state index in [0.29, 0.717) is 12.8 Å². The number of nitrogens with zero attached hydrogens (tertiary/aromatic N) is 1. The summed E-state index contributed by atoms with van der Waals surface area (Å²) in [6.45, 7) is 2.52. The lowest BCUT2D eigenvalue weighted by molar-refractivity contribution is 0.335. The molecule has 0 aliphatic carbocycles. The van der Waals surface area contributed by atoms with Crippen LogP contribution < -0.4 is 9.64 Å². The number of anilines is 1. The second kappa shape index (κ2) is 2.64. The number of fused-ring (bicyclic) bond motifs is 1. The van der Waals surface area contributed by atoms with E-state index < -0.39 is 0 Å². The van der Waals surface area contributed by atoms with Gasteiger partial charge in [0.15, 0.2) is 6.73 Å². The lowest BCUT2D eigenvalue weighted by Crippen LogP contribution is -2.26. The van der Waals surface area contributed by atoms with Crippen LogP contribution in [0.2, 0.25) is 0 Å². The number of ether oxygens (including phenoxy) is 2. The minimum atomic E-state index is 0.426. The van der Waals surface area contributed by atoms with Crippen LogP contribution in [-0.2, 0) is 4.74 Å². The Morgan fingerprint density at radius 1 is 1.38 bits per heavy atom. The van der Waals surface area contributed by atoms with Gasteiger partial charge in [-0.25, -0.2) is 0 Å². The van der Waals surface area contributed by atoms with Crippen molar-refractivity contribution in [3.8, 4) is 5.75 Å². The zero-order valence-corrected chi connectivity index (χ0v) is 7.27. The van der Waals surface area contributed by atoms with E-state index in [4.69, 9.17) is 9.47 Å². The molecule has 0 bridgehead atoms. The fourth-order valence-corrected chi connectivity index (χ4v) is 1.63. The summed E-state index contributed by atoms with van der Waals surface area (Å²) >= 11 is 0. The molecule has 0 N–H and O–H groups in total. The second-order valence-corrected chi connectivity index (χ2v) is 3.42. The van der Waals surface area contributed by atoms with Gasteiger partial charge >= 0.3 is 0 Å². The van der Waals surface area contributed by atoms with E-state index in [0.717, 1.165) is 18.9 Å². The van der Waals surface area contributed by atoms with Crippen molar-refractivity contribution < 1.29 is 9.47 Å². The molecule has 0 aromatic heterocycles. The summed E-state index contributed by atoms with van der Waals surface area (Å²) < 4.78 is 10.7. The van der Waals surface area contributed by atoms with Crippen LogP contribution in [0.3, 0.4) is 0 Å². The normalized spacial score (nSPS) is 24.0. The van der Waals surface area contributed by atoms with Crippen LogP contribution in [0.1, 0.15) is 0 Å². The van der Waals surface area contributed by atoms with Crippen molar-refractivity contribution in [3.05, 3.63) is 24.3 Å². The fraction of sp³-hybridized carbons (Fsp3) is 0.400. The summed E-state index contributed by atoms with van der Waals surface area (Å²) in [4.78, 5) is 2.22. The van der Waals surface area contributed by atoms with Gasteiger partial charge in [0.05, 0.1) is 18.4 Å². The van der Waals surface area contributed by atoms with Crippen molar-refractivity contribution >= 4 is 5.69 Å². The molecule has 2 aliphatic heterocycles. The van der Waals surface area contributed by atoms with Crippen LogP contribution in [0.15, 0.2) is 24.3 Å². The van der Waals surface area contributed by atoms with Crippen molar-refractivity contribution in [2.24, 2.45) is 0 Å². The van der Waals surface area contributed by atoms with E-state index >= 15 is 0 Å². The number of para-hydroxylation sites is 2. The van der Waals surface area contributed by atoms with Crippen LogP contribution in [0.4, 0.5) is 5.69 Å². The number of hydrogen-bond acceptors (Lipinski definition) is 3. The monoisotopic (exact) mass is 177 g/mol. The molecule has 1 aromatic carbocycles. The molecule has 0 saturated carbocycles. The Morgan fingerprint density at radius 3 is 3.08 bits per heavy atom. The maximum absolute atomic E-state index is 5.51. The van der Waals surface area contributed by atoms with Gasteiger partial charge < -0.3 is 14.4 Å². The van der Waals surface area contributed by atoms with Gasteiger partial charge in [0.1, 0.15) is 5.75 Å². The molecule has 0 amide bonds. The number of hydrogen-bond donors (Lipinski definition) is 0. The Morgan fingerprint density at radius 2 is 2.23 bits per heavy atom. The van der Waals surface area contributed by atoms with Crippen molar-refractivity contribution in [2.75, 3.05) is 24.8 Å². The molecule has 0 spiro atoms. The third kappa shape index (κ3) is 1.25. The molecule has 1 unspecified atom stereocenters. The second-order valence-electron chi connectivity index (χ2n) is 3.42. The van der Waals surface area contributed by atoms with Gasteiger partial charge in [-0.05, 0) is 12.1 Å². The predicted octanol–water partition coefficient (Wildman–Crippen LogP) is 1.24. The zero-order valence-electron chi connectivity index (χ0n) is 7.27. The highest BCUT2D eigenvalue weighted by molar-refractivity contribution is 5.61. The highest BCUT2D eigenvalue weighted by Crippen LogP contribution is 2.33. The van der Waals surface area contributed by atoms with Gasteiger partial charge in [-0.1, -0.05) is 12.1 Å². The molecule has 1 aromatic rings.